The van der Waals surface area contributed by atoms with Crippen LogP contribution in [0.25, 0.3) is 0 Å². The molecule has 0 radical (unpaired) electrons. The van der Waals surface area contributed by atoms with Crippen LogP contribution in [-0.2, 0) is 14.4 Å². The molecule has 19 heavy (non-hydrogen) atoms. The Balaban J connectivity index is 2.06. The number of halogens is 1. The van der Waals surface area contributed by atoms with Gasteiger partial charge in [-0.15, -0.1) is 11.6 Å². The van der Waals surface area contributed by atoms with E-state index in [1.54, 1.807) is 4.90 Å². The number of likely N-dealkylation sites (tertiary alicyclic amines) is 1. The van der Waals surface area contributed by atoms with E-state index in [9.17, 15) is 14.4 Å². The first-order chi connectivity index (χ1) is 9.15. The van der Waals surface area contributed by atoms with Gasteiger partial charge < -0.3 is 15.5 Å². The Morgan fingerprint density at radius 2 is 1.79 bits per heavy atom. The average Bonchev–Trinajstić information content (AvgIpc) is 2.80. The number of alkyl halides is 1. The lowest BCUT2D eigenvalue weighted by atomic mass is 10.3. The maximum absolute atomic E-state index is 11.4. The third-order valence-electron chi connectivity index (χ3n) is 2.86. The maximum atomic E-state index is 11.4. The smallest absolute Gasteiger partial charge is 0.309 e. The molecule has 7 heteroatoms. The lowest BCUT2D eigenvalue weighted by molar-refractivity contribution is -0.139. The molecule has 1 rings (SSSR count). The van der Waals surface area contributed by atoms with Crippen LogP contribution >= 0.6 is 11.6 Å². The molecule has 6 nitrogen and oxygen atoms in total. The van der Waals surface area contributed by atoms with Gasteiger partial charge in [0.15, 0.2) is 0 Å². The molecule has 3 amide bonds. The second-order valence-electron chi connectivity index (χ2n) is 4.39. The summed E-state index contributed by atoms with van der Waals surface area (Å²) in [4.78, 5) is 35.8. The van der Waals surface area contributed by atoms with Crippen LogP contribution in [0.1, 0.15) is 25.7 Å². The zero-order chi connectivity index (χ0) is 14.1. The molecule has 0 spiro atoms. The van der Waals surface area contributed by atoms with Crippen molar-refractivity contribution in [3.63, 3.8) is 0 Å². The van der Waals surface area contributed by atoms with E-state index in [1.165, 1.54) is 0 Å². The van der Waals surface area contributed by atoms with E-state index in [2.05, 4.69) is 10.6 Å². The first-order valence-electron chi connectivity index (χ1n) is 6.55. The first kappa shape index (κ1) is 15.8. The number of carbonyl (C=O) groups excluding carboxylic acids is 3. The fraction of sp³-hybridized carbons (Fsp3) is 0.750. The van der Waals surface area contributed by atoms with Gasteiger partial charge >= 0.3 is 11.8 Å². The van der Waals surface area contributed by atoms with Crippen LogP contribution in [-0.4, -0.2) is 54.7 Å². The van der Waals surface area contributed by atoms with E-state index in [0.29, 0.717) is 44.8 Å². The maximum Gasteiger partial charge on any atom is 0.309 e. The van der Waals surface area contributed by atoms with Gasteiger partial charge in [-0.2, -0.15) is 0 Å². The Labute approximate surface area is 117 Å². The van der Waals surface area contributed by atoms with Crippen molar-refractivity contribution in [3.05, 3.63) is 0 Å². The normalized spacial score (nSPS) is 14.6. The minimum atomic E-state index is -0.637. The van der Waals surface area contributed by atoms with Crippen LogP contribution in [0.15, 0.2) is 0 Å². The molecule has 1 heterocycles. The Kier molecular flexibility index (Phi) is 7.25. The lowest BCUT2D eigenvalue weighted by Gasteiger charge is -2.15. The minimum Gasteiger partial charge on any atom is -0.348 e. The highest BCUT2D eigenvalue weighted by Crippen LogP contribution is 2.09. The molecule has 0 bridgehead atoms. The van der Waals surface area contributed by atoms with E-state index in [-0.39, 0.29) is 5.91 Å². The highest BCUT2D eigenvalue weighted by atomic mass is 35.5. The first-order valence-corrected chi connectivity index (χ1v) is 7.08. The van der Waals surface area contributed by atoms with Crippen molar-refractivity contribution < 1.29 is 14.4 Å². The van der Waals surface area contributed by atoms with Gasteiger partial charge in [0.2, 0.25) is 5.91 Å². The Morgan fingerprint density at radius 3 is 2.32 bits per heavy atom. The Bertz CT molecular complexity index is 336. The number of rotatable bonds is 7. The lowest BCUT2D eigenvalue weighted by Crippen LogP contribution is -2.41. The third kappa shape index (κ3) is 5.92. The summed E-state index contributed by atoms with van der Waals surface area (Å²) < 4.78 is 0. The van der Waals surface area contributed by atoms with Crippen LogP contribution in [0.5, 0.6) is 0 Å². The van der Waals surface area contributed by atoms with Gasteiger partial charge in [-0.05, 0) is 19.3 Å². The molecule has 1 saturated heterocycles. The molecule has 1 fully saturated rings. The molecule has 0 aliphatic carbocycles. The van der Waals surface area contributed by atoms with Crippen LogP contribution in [0.3, 0.4) is 0 Å². The molecular formula is C12H20ClN3O3. The van der Waals surface area contributed by atoms with E-state index in [4.69, 9.17) is 11.6 Å². The summed E-state index contributed by atoms with van der Waals surface area (Å²) in [6.45, 7) is 2.22. The largest absolute Gasteiger partial charge is 0.348 e. The molecule has 1 aliphatic heterocycles. The van der Waals surface area contributed by atoms with Crippen LogP contribution < -0.4 is 10.6 Å². The van der Waals surface area contributed by atoms with Crippen molar-refractivity contribution in [1.29, 1.82) is 0 Å². The standard InChI is InChI=1S/C12H20ClN3O3/c13-5-2-6-14-11(18)12(19)15-7-3-9-16-8-1-4-10(16)17/h1-9H2,(H,14,18)(H,15,19). The molecule has 0 aromatic rings. The van der Waals surface area contributed by atoms with Gasteiger partial charge in [0.25, 0.3) is 0 Å². The Morgan fingerprint density at radius 1 is 1.16 bits per heavy atom. The topological polar surface area (TPSA) is 78.5 Å². The molecule has 0 aromatic heterocycles. The van der Waals surface area contributed by atoms with Gasteiger partial charge in [0.05, 0.1) is 0 Å². The monoisotopic (exact) mass is 289 g/mol. The second-order valence-corrected chi connectivity index (χ2v) is 4.77. The van der Waals surface area contributed by atoms with Gasteiger partial charge in [0.1, 0.15) is 0 Å². The SMILES string of the molecule is O=C(NCCCCl)C(=O)NCCCN1CCCC1=O. The highest BCUT2D eigenvalue weighted by Gasteiger charge is 2.19. The van der Waals surface area contributed by atoms with Gasteiger partial charge in [-0.1, -0.05) is 0 Å². The molecule has 0 atom stereocenters. The molecule has 0 saturated carbocycles. The van der Waals surface area contributed by atoms with Crippen molar-refractivity contribution in [2.24, 2.45) is 0 Å². The number of nitrogens with zero attached hydrogens (tertiary/aromatic N) is 1. The molecule has 108 valence electrons. The summed E-state index contributed by atoms with van der Waals surface area (Å²) in [6, 6.07) is 0. The fourth-order valence-corrected chi connectivity index (χ4v) is 1.98. The summed E-state index contributed by atoms with van der Waals surface area (Å²) in [7, 11) is 0. The van der Waals surface area contributed by atoms with E-state index >= 15 is 0 Å². The van der Waals surface area contributed by atoms with E-state index in [1.807, 2.05) is 0 Å². The molecule has 1 aliphatic rings. The zero-order valence-electron chi connectivity index (χ0n) is 10.9. The fourth-order valence-electron chi connectivity index (χ4n) is 1.84. The van der Waals surface area contributed by atoms with Crippen molar-refractivity contribution in [3.8, 4) is 0 Å². The van der Waals surface area contributed by atoms with Gasteiger partial charge in [-0.3, -0.25) is 14.4 Å². The van der Waals surface area contributed by atoms with E-state index in [0.717, 1.165) is 13.0 Å². The number of nitrogens with one attached hydrogen (secondary N) is 2. The minimum absolute atomic E-state index is 0.171. The van der Waals surface area contributed by atoms with E-state index < -0.39 is 11.8 Å². The highest BCUT2D eigenvalue weighted by molar-refractivity contribution is 6.35. The van der Waals surface area contributed by atoms with Crippen molar-refractivity contribution in [1.82, 2.24) is 15.5 Å². The predicted molar refractivity (Wildman–Crippen MR) is 71.8 cm³/mol. The Hall–Kier alpha value is -1.30. The summed E-state index contributed by atoms with van der Waals surface area (Å²) in [5, 5.41) is 5.00. The summed E-state index contributed by atoms with van der Waals surface area (Å²) in [5.74, 6) is -0.652. The molecular weight excluding hydrogens is 270 g/mol. The van der Waals surface area contributed by atoms with Crippen LogP contribution in [0, 0.1) is 0 Å². The van der Waals surface area contributed by atoms with Crippen molar-refractivity contribution in [2.75, 3.05) is 32.1 Å². The molecule has 0 aromatic carbocycles. The zero-order valence-corrected chi connectivity index (χ0v) is 11.7. The number of amides is 3. The summed E-state index contributed by atoms with van der Waals surface area (Å²) in [6.07, 6.45) is 2.83. The second kappa shape index (κ2) is 8.74. The third-order valence-corrected chi connectivity index (χ3v) is 3.13. The van der Waals surface area contributed by atoms with Crippen LogP contribution in [0.2, 0.25) is 0 Å². The quantitative estimate of drug-likeness (QED) is 0.389. The number of carbonyl (C=O) groups is 3. The molecule has 2 N–H and O–H groups in total. The number of hydrogen-bond donors (Lipinski definition) is 2. The van der Waals surface area contributed by atoms with Crippen LogP contribution in [0.4, 0.5) is 0 Å². The predicted octanol–water partition coefficient (Wildman–Crippen LogP) is -0.140. The summed E-state index contributed by atoms with van der Waals surface area (Å²) >= 11 is 5.46. The summed E-state index contributed by atoms with van der Waals surface area (Å²) in [5.41, 5.74) is 0. The number of hydrogen-bond acceptors (Lipinski definition) is 3. The van der Waals surface area contributed by atoms with Gasteiger partial charge in [-0.25, -0.2) is 0 Å². The van der Waals surface area contributed by atoms with Crippen molar-refractivity contribution in [2.45, 2.75) is 25.7 Å². The van der Waals surface area contributed by atoms with Crippen molar-refractivity contribution >= 4 is 29.3 Å². The molecule has 0 unspecified atom stereocenters. The van der Waals surface area contributed by atoms with Gasteiger partial charge in [0, 0.05) is 38.5 Å². The average molecular weight is 290 g/mol.